The predicted octanol–water partition coefficient (Wildman–Crippen LogP) is 2.19. The zero-order chi connectivity index (χ0) is 18.7. The lowest BCUT2D eigenvalue weighted by atomic mass is 10.1. The number of amides is 2. The SMILES string of the molecule is O=C(NC1CCCN(S(=O)(=O)c2c(Cl)cccc2Cl)C1)N1CCOCC1. The Balaban J connectivity index is 1.70. The molecule has 2 amide bonds. The molecule has 0 spiro atoms. The van der Waals surface area contributed by atoms with Crippen LogP contribution in [0.15, 0.2) is 23.1 Å². The van der Waals surface area contributed by atoms with Gasteiger partial charge in [-0.15, -0.1) is 0 Å². The van der Waals surface area contributed by atoms with Crippen molar-refractivity contribution in [2.45, 2.75) is 23.8 Å². The maximum Gasteiger partial charge on any atom is 0.317 e. The van der Waals surface area contributed by atoms with Crippen LogP contribution in [0.25, 0.3) is 0 Å². The van der Waals surface area contributed by atoms with E-state index >= 15 is 0 Å². The summed E-state index contributed by atoms with van der Waals surface area (Å²) in [5.74, 6) is 0. The van der Waals surface area contributed by atoms with Crippen molar-refractivity contribution in [2.24, 2.45) is 0 Å². The number of sulfonamides is 1. The summed E-state index contributed by atoms with van der Waals surface area (Å²) in [4.78, 5) is 14.0. The van der Waals surface area contributed by atoms with E-state index in [1.54, 1.807) is 11.0 Å². The molecule has 2 aliphatic rings. The number of halogens is 2. The predicted molar refractivity (Wildman–Crippen MR) is 99.2 cm³/mol. The summed E-state index contributed by atoms with van der Waals surface area (Å²) in [5, 5.41) is 3.12. The standard InChI is InChI=1S/C16H21Cl2N3O4S/c17-13-4-1-5-14(18)15(13)26(23,24)21-6-2-3-12(11-21)19-16(22)20-7-9-25-10-8-20/h1,4-5,12H,2-3,6-11H2,(H,19,22). The molecule has 0 aromatic heterocycles. The van der Waals surface area contributed by atoms with Gasteiger partial charge < -0.3 is 15.0 Å². The van der Waals surface area contributed by atoms with Crippen LogP contribution in [-0.4, -0.2) is 69.1 Å². The fraction of sp³-hybridized carbons (Fsp3) is 0.562. The molecular formula is C16H21Cl2N3O4S. The lowest BCUT2D eigenvalue weighted by molar-refractivity contribution is 0.0519. The van der Waals surface area contributed by atoms with E-state index < -0.39 is 10.0 Å². The van der Waals surface area contributed by atoms with E-state index in [0.29, 0.717) is 39.3 Å². The number of rotatable bonds is 3. The van der Waals surface area contributed by atoms with Gasteiger partial charge in [0.2, 0.25) is 10.0 Å². The summed E-state index contributed by atoms with van der Waals surface area (Å²) in [6, 6.07) is 4.17. The van der Waals surface area contributed by atoms with Gasteiger partial charge in [-0.1, -0.05) is 29.3 Å². The van der Waals surface area contributed by atoms with Gasteiger partial charge >= 0.3 is 6.03 Å². The molecule has 2 saturated heterocycles. The first-order valence-corrected chi connectivity index (χ1v) is 10.7. The number of carbonyl (C=O) groups excluding carboxylic acids is 1. The van der Waals surface area contributed by atoms with Crippen LogP contribution in [0.3, 0.4) is 0 Å². The third kappa shape index (κ3) is 4.26. The van der Waals surface area contributed by atoms with Crippen molar-refractivity contribution in [2.75, 3.05) is 39.4 Å². The first-order chi connectivity index (χ1) is 12.4. The number of nitrogens with zero attached hydrogens (tertiary/aromatic N) is 2. The molecule has 1 aromatic carbocycles. The molecule has 7 nitrogen and oxygen atoms in total. The number of hydrogen-bond donors (Lipinski definition) is 1. The molecule has 144 valence electrons. The van der Waals surface area contributed by atoms with Gasteiger partial charge in [0.1, 0.15) is 4.90 Å². The minimum absolute atomic E-state index is 0.0801. The highest BCUT2D eigenvalue weighted by Crippen LogP contribution is 2.32. The summed E-state index contributed by atoms with van der Waals surface area (Å²) < 4.78 is 32.5. The minimum atomic E-state index is -3.83. The van der Waals surface area contributed by atoms with E-state index in [1.807, 2.05) is 0 Å². The summed E-state index contributed by atoms with van der Waals surface area (Å²) >= 11 is 12.2. The number of ether oxygens (including phenoxy) is 1. The molecule has 3 rings (SSSR count). The third-order valence-electron chi connectivity index (χ3n) is 4.53. The Morgan fingerprint density at radius 3 is 2.46 bits per heavy atom. The van der Waals surface area contributed by atoms with E-state index in [2.05, 4.69) is 5.32 Å². The Hall–Kier alpha value is -1.06. The average molecular weight is 422 g/mol. The van der Waals surface area contributed by atoms with Crippen molar-refractivity contribution < 1.29 is 17.9 Å². The molecule has 0 bridgehead atoms. The van der Waals surface area contributed by atoms with Gasteiger partial charge in [0.05, 0.1) is 23.3 Å². The van der Waals surface area contributed by atoms with Crippen LogP contribution in [0.4, 0.5) is 4.79 Å². The van der Waals surface area contributed by atoms with Gasteiger partial charge in [-0.25, -0.2) is 13.2 Å². The van der Waals surface area contributed by atoms with Crippen LogP contribution in [0.5, 0.6) is 0 Å². The van der Waals surface area contributed by atoms with Crippen LogP contribution in [0.1, 0.15) is 12.8 Å². The highest BCUT2D eigenvalue weighted by Gasteiger charge is 2.34. The molecule has 2 aliphatic heterocycles. The quantitative estimate of drug-likeness (QED) is 0.810. The molecule has 1 aromatic rings. The van der Waals surface area contributed by atoms with Gasteiger partial charge in [-0.2, -0.15) is 4.31 Å². The first-order valence-electron chi connectivity index (χ1n) is 8.47. The van der Waals surface area contributed by atoms with E-state index in [1.165, 1.54) is 16.4 Å². The summed E-state index contributed by atoms with van der Waals surface area (Å²) in [6.07, 6.45) is 1.37. The summed E-state index contributed by atoms with van der Waals surface area (Å²) in [5.41, 5.74) is 0. The highest BCUT2D eigenvalue weighted by atomic mass is 35.5. The normalized spacial score (nSPS) is 22.2. The molecular weight excluding hydrogens is 401 g/mol. The van der Waals surface area contributed by atoms with Gasteiger partial charge in [0.15, 0.2) is 0 Å². The van der Waals surface area contributed by atoms with Crippen LogP contribution < -0.4 is 5.32 Å². The Kier molecular flexibility index (Phi) is 6.29. The second-order valence-corrected chi connectivity index (χ2v) is 8.99. The smallest absolute Gasteiger partial charge is 0.317 e. The lowest BCUT2D eigenvalue weighted by Gasteiger charge is -2.34. The molecule has 0 radical (unpaired) electrons. The number of nitrogens with one attached hydrogen (secondary N) is 1. The minimum Gasteiger partial charge on any atom is -0.378 e. The first kappa shape index (κ1) is 19.7. The molecule has 1 unspecified atom stereocenters. The number of morpholine rings is 1. The average Bonchev–Trinajstić information content (AvgIpc) is 2.62. The van der Waals surface area contributed by atoms with E-state index in [0.717, 1.165) is 6.42 Å². The maximum absolute atomic E-state index is 13.0. The summed E-state index contributed by atoms with van der Waals surface area (Å²) in [7, 11) is -3.83. The van der Waals surface area contributed by atoms with Crippen molar-refractivity contribution in [1.82, 2.24) is 14.5 Å². The van der Waals surface area contributed by atoms with E-state index in [9.17, 15) is 13.2 Å². The molecule has 1 N–H and O–H groups in total. The van der Waals surface area contributed by atoms with Gasteiger partial charge in [0.25, 0.3) is 0 Å². The van der Waals surface area contributed by atoms with Crippen molar-refractivity contribution in [3.8, 4) is 0 Å². The fourth-order valence-corrected chi connectivity index (χ4v) is 5.78. The Morgan fingerprint density at radius 1 is 1.15 bits per heavy atom. The molecule has 2 fully saturated rings. The van der Waals surface area contributed by atoms with Crippen molar-refractivity contribution in [1.29, 1.82) is 0 Å². The zero-order valence-electron chi connectivity index (χ0n) is 14.2. The molecule has 0 saturated carbocycles. The van der Waals surface area contributed by atoms with Crippen molar-refractivity contribution in [3.05, 3.63) is 28.2 Å². The Morgan fingerprint density at radius 2 is 1.81 bits per heavy atom. The van der Waals surface area contributed by atoms with Crippen molar-refractivity contribution >= 4 is 39.3 Å². The second kappa shape index (κ2) is 8.31. The zero-order valence-corrected chi connectivity index (χ0v) is 16.5. The van der Waals surface area contributed by atoms with Crippen LogP contribution in [0.2, 0.25) is 10.0 Å². The summed E-state index contributed by atoms with van der Waals surface area (Å²) in [6.45, 7) is 2.67. The monoisotopic (exact) mass is 421 g/mol. The van der Waals surface area contributed by atoms with Gasteiger partial charge in [-0.3, -0.25) is 0 Å². The maximum atomic E-state index is 13.0. The Bertz CT molecular complexity index is 749. The number of hydrogen-bond acceptors (Lipinski definition) is 4. The molecule has 0 aliphatic carbocycles. The van der Waals surface area contributed by atoms with E-state index in [-0.39, 0.29) is 33.6 Å². The molecule has 26 heavy (non-hydrogen) atoms. The number of piperidine rings is 1. The highest BCUT2D eigenvalue weighted by molar-refractivity contribution is 7.89. The largest absolute Gasteiger partial charge is 0.378 e. The van der Waals surface area contributed by atoms with Crippen LogP contribution in [-0.2, 0) is 14.8 Å². The van der Waals surface area contributed by atoms with Crippen LogP contribution in [0, 0.1) is 0 Å². The fourth-order valence-electron chi connectivity index (χ4n) is 3.17. The third-order valence-corrected chi connectivity index (χ3v) is 7.35. The molecule has 10 heteroatoms. The topological polar surface area (TPSA) is 79.0 Å². The van der Waals surface area contributed by atoms with Gasteiger partial charge in [0, 0.05) is 32.2 Å². The van der Waals surface area contributed by atoms with Crippen molar-refractivity contribution in [3.63, 3.8) is 0 Å². The molecule has 2 heterocycles. The number of benzene rings is 1. The lowest BCUT2D eigenvalue weighted by Crippen LogP contribution is -2.54. The van der Waals surface area contributed by atoms with Crippen LogP contribution >= 0.6 is 23.2 Å². The van der Waals surface area contributed by atoms with E-state index in [4.69, 9.17) is 27.9 Å². The Labute approximate surface area is 163 Å². The number of carbonyl (C=O) groups is 1. The second-order valence-electron chi connectivity index (χ2n) is 6.30. The number of urea groups is 1. The van der Waals surface area contributed by atoms with Gasteiger partial charge in [-0.05, 0) is 25.0 Å². The molecule has 1 atom stereocenters.